The van der Waals surface area contributed by atoms with Crippen LogP contribution >= 0.6 is 15.9 Å². The van der Waals surface area contributed by atoms with E-state index in [1.807, 2.05) is 0 Å². The Kier molecular flexibility index (Phi) is 4.03. The monoisotopic (exact) mass is 258 g/mol. The zero-order valence-electron chi connectivity index (χ0n) is 7.70. The van der Waals surface area contributed by atoms with Gasteiger partial charge < -0.3 is 10.4 Å². The molecule has 1 heterocycles. The summed E-state index contributed by atoms with van der Waals surface area (Å²) in [5.74, 6) is -0.293. The Balaban J connectivity index is 2.65. The van der Waals surface area contributed by atoms with Crippen LogP contribution in [0, 0.1) is 0 Å². The van der Waals surface area contributed by atoms with Gasteiger partial charge in [-0.2, -0.15) is 0 Å². The van der Waals surface area contributed by atoms with Gasteiger partial charge in [0.1, 0.15) is 5.69 Å². The van der Waals surface area contributed by atoms with E-state index >= 15 is 0 Å². The van der Waals surface area contributed by atoms with E-state index in [0.29, 0.717) is 10.2 Å². The summed E-state index contributed by atoms with van der Waals surface area (Å²) in [5.41, 5.74) is 0.327. The molecule has 2 N–H and O–H groups in total. The molecule has 1 aromatic heterocycles. The topological polar surface area (TPSA) is 62.2 Å². The molecular formula is C9H11BrN2O2. The first-order valence-electron chi connectivity index (χ1n) is 4.18. The lowest BCUT2D eigenvalue weighted by Crippen LogP contribution is -2.31. The highest BCUT2D eigenvalue weighted by Crippen LogP contribution is 2.12. The summed E-state index contributed by atoms with van der Waals surface area (Å²) < 4.78 is 0.642. The standard InChI is InChI=1S/C9H11BrN2O2/c1-6(13)5-12-9(14)8-7(10)3-2-4-11-8/h2-4,6,13H,5H2,1H3,(H,12,14)/t6-/m0/s1. The fraction of sp³-hybridized carbons (Fsp3) is 0.333. The number of amides is 1. The van der Waals surface area contributed by atoms with Crippen LogP contribution in [-0.4, -0.2) is 28.6 Å². The molecule has 76 valence electrons. The van der Waals surface area contributed by atoms with Crippen LogP contribution in [-0.2, 0) is 0 Å². The Morgan fingerprint density at radius 3 is 3.07 bits per heavy atom. The molecule has 0 saturated heterocycles. The van der Waals surface area contributed by atoms with E-state index in [1.165, 1.54) is 0 Å². The number of aromatic nitrogens is 1. The number of hydrogen-bond acceptors (Lipinski definition) is 3. The first-order chi connectivity index (χ1) is 6.61. The third-order valence-corrected chi connectivity index (χ3v) is 2.17. The molecule has 1 amide bonds. The van der Waals surface area contributed by atoms with Gasteiger partial charge in [-0.3, -0.25) is 4.79 Å². The number of rotatable bonds is 3. The molecule has 14 heavy (non-hydrogen) atoms. The maximum absolute atomic E-state index is 11.5. The molecule has 5 heteroatoms. The van der Waals surface area contributed by atoms with Crippen LogP contribution < -0.4 is 5.32 Å². The zero-order chi connectivity index (χ0) is 10.6. The number of pyridine rings is 1. The van der Waals surface area contributed by atoms with Crippen molar-refractivity contribution in [1.29, 1.82) is 0 Å². The lowest BCUT2D eigenvalue weighted by Gasteiger charge is -2.07. The minimum atomic E-state index is -0.554. The third-order valence-electron chi connectivity index (χ3n) is 1.53. The number of nitrogens with one attached hydrogen (secondary N) is 1. The second kappa shape index (κ2) is 5.07. The molecule has 0 aliphatic heterocycles. The Labute approximate surface area is 90.5 Å². The molecule has 0 unspecified atom stereocenters. The predicted octanol–water partition coefficient (Wildman–Crippen LogP) is 0.955. The molecule has 0 spiro atoms. The van der Waals surface area contributed by atoms with Crippen molar-refractivity contribution >= 4 is 21.8 Å². The highest BCUT2D eigenvalue weighted by Gasteiger charge is 2.10. The van der Waals surface area contributed by atoms with Gasteiger partial charge in [0.2, 0.25) is 0 Å². The van der Waals surface area contributed by atoms with E-state index in [1.54, 1.807) is 25.3 Å². The van der Waals surface area contributed by atoms with Gasteiger partial charge in [-0.25, -0.2) is 4.98 Å². The number of halogens is 1. The van der Waals surface area contributed by atoms with E-state index in [4.69, 9.17) is 5.11 Å². The predicted molar refractivity (Wildman–Crippen MR) is 56.0 cm³/mol. The van der Waals surface area contributed by atoms with Crippen molar-refractivity contribution in [3.05, 3.63) is 28.5 Å². The number of aliphatic hydroxyl groups excluding tert-OH is 1. The lowest BCUT2D eigenvalue weighted by molar-refractivity contribution is 0.0918. The van der Waals surface area contributed by atoms with Crippen LogP contribution in [0.5, 0.6) is 0 Å². The van der Waals surface area contributed by atoms with Crippen molar-refractivity contribution < 1.29 is 9.90 Å². The molecule has 0 bridgehead atoms. The number of carbonyl (C=O) groups excluding carboxylic acids is 1. The fourth-order valence-corrected chi connectivity index (χ4v) is 1.31. The summed E-state index contributed by atoms with van der Waals surface area (Å²) in [5, 5.41) is 11.5. The average molecular weight is 259 g/mol. The molecule has 0 aliphatic rings. The Bertz CT molecular complexity index is 328. The van der Waals surface area contributed by atoms with Gasteiger partial charge in [0, 0.05) is 17.2 Å². The average Bonchev–Trinajstić information content (AvgIpc) is 2.15. The maximum atomic E-state index is 11.5. The van der Waals surface area contributed by atoms with Crippen molar-refractivity contribution in [2.75, 3.05) is 6.54 Å². The molecule has 0 saturated carbocycles. The van der Waals surface area contributed by atoms with Gasteiger partial charge in [-0.15, -0.1) is 0 Å². The first kappa shape index (κ1) is 11.1. The van der Waals surface area contributed by atoms with Gasteiger partial charge in [0.05, 0.1) is 6.10 Å². The second-order valence-corrected chi connectivity index (χ2v) is 3.75. The summed E-state index contributed by atoms with van der Waals surface area (Å²) in [7, 11) is 0. The van der Waals surface area contributed by atoms with Crippen LogP contribution in [0.25, 0.3) is 0 Å². The van der Waals surface area contributed by atoms with Crippen LogP contribution in [0.1, 0.15) is 17.4 Å². The third kappa shape index (κ3) is 3.08. The fourth-order valence-electron chi connectivity index (χ4n) is 0.877. The number of hydrogen-bond donors (Lipinski definition) is 2. The maximum Gasteiger partial charge on any atom is 0.271 e. The largest absolute Gasteiger partial charge is 0.392 e. The number of aliphatic hydroxyl groups is 1. The van der Waals surface area contributed by atoms with Crippen LogP contribution in [0.4, 0.5) is 0 Å². The number of carbonyl (C=O) groups is 1. The molecular weight excluding hydrogens is 248 g/mol. The Morgan fingerprint density at radius 1 is 1.79 bits per heavy atom. The van der Waals surface area contributed by atoms with Gasteiger partial charge in [0.25, 0.3) is 5.91 Å². The van der Waals surface area contributed by atoms with Crippen LogP contribution in [0.15, 0.2) is 22.8 Å². The van der Waals surface area contributed by atoms with Crippen molar-refractivity contribution in [1.82, 2.24) is 10.3 Å². The molecule has 0 aromatic carbocycles. The molecule has 1 aromatic rings. The molecule has 4 nitrogen and oxygen atoms in total. The zero-order valence-corrected chi connectivity index (χ0v) is 9.28. The molecule has 0 aliphatic carbocycles. The van der Waals surface area contributed by atoms with E-state index < -0.39 is 6.10 Å². The summed E-state index contributed by atoms with van der Waals surface area (Å²) in [6.45, 7) is 1.83. The van der Waals surface area contributed by atoms with Crippen LogP contribution in [0.3, 0.4) is 0 Å². The normalized spacial score (nSPS) is 12.2. The van der Waals surface area contributed by atoms with Crippen LogP contribution in [0.2, 0.25) is 0 Å². The molecule has 0 fully saturated rings. The SMILES string of the molecule is C[C@H](O)CNC(=O)c1ncccc1Br. The summed E-state index contributed by atoms with van der Waals surface area (Å²) >= 11 is 3.22. The molecule has 0 radical (unpaired) electrons. The summed E-state index contributed by atoms with van der Waals surface area (Å²) in [6.07, 6.45) is 0.989. The van der Waals surface area contributed by atoms with Crippen molar-refractivity contribution in [3.63, 3.8) is 0 Å². The Hall–Kier alpha value is -0.940. The second-order valence-electron chi connectivity index (χ2n) is 2.89. The van der Waals surface area contributed by atoms with Gasteiger partial charge in [0.15, 0.2) is 0 Å². The van der Waals surface area contributed by atoms with Crippen molar-refractivity contribution in [2.45, 2.75) is 13.0 Å². The minimum absolute atomic E-state index is 0.224. The van der Waals surface area contributed by atoms with E-state index in [2.05, 4.69) is 26.2 Å². The van der Waals surface area contributed by atoms with Gasteiger partial charge >= 0.3 is 0 Å². The molecule has 1 rings (SSSR count). The van der Waals surface area contributed by atoms with E-state index in [-0.39, 0.29) is 12.5 Å². The lowest BCUT2D eigenvalue weighted by atomic mass is 10.3. The highest BCUT2D eigenvalue weighted by atomic mass is 79.9. The Morgan fingerprint density at radius 2 is 2.50 bits per heavy atom. The summed E-state index contributed by atoms with van der Waals surface area (Å²) in [4.78, 5) is 15.4. The van der Waals surface area contributed by atoms with Crippen molar-refractivity contribution in [3.8, 4) is 0 Å². The van der Waals surface area contributed by atoms with Gasteiger partial charge in [-0.1, -0.05) is 0 Å². The first-order valence-corrected chi connectivity index (χ1v) is 4.97. The minimum Gasteiger partial charge on any atom is -0.392 e. The quantitative estimate of drug-likeness (QED) is 0.849. The van der Waals surface area contributed by atoms with E-state index in [0.717, 1.165) is 0 Å². The van der Waals surface area contributed by atoms with Crippen molar-refractivity contribution in [2.24, 2.45) is 0 Å². The highest BCUT2D eigenvalue weighted by molar-refractivity contribution is 9.10. The van der Waals surface area contributed by atoms with E-state index in [9.17, 15) is 4.79 Å². The summed E-state index contributed by atoms with van der Waals surface area (Å²) in [6, 6.07) is 3.47. The smallest absolute Gasteiger partial charge is 0.271 e. The van der Waals surface area contributed by atoms with Gasteiger partial charge in [-0.05, 0) is 35.0 Å². The number of nitrogens with zero attached hydrogens (tertiary/aromatic N) is 1. The molecule has 1 atom stereocenters.